The van der Waals surface area contributed by atoms with Gasteiger partial charge in [0.15, 0.2) is 0 Å². The van der Waals surface area contributed by atoms with E-state index >= 15 is 0 Å². The first kappa shape index (κ1) is 46.3. The van der Waals surface area contributed by atoms with E-state index in [9.17, 15) is 0 Å². The Morgan fingerprint density at radius 2 is 0.575 bits per heavy atom. The second kappa shape index (κ2) is 19.0. The van der Waals surface area contributed by atoms with Crippen molar-refractivity contribution in [2.75, 3.05) is 0 Å². The Morgan fingerprint density at radius 1 is 0.212 bits per heavy atom. The smallest absolute Gasteiger partial charge is 0.0888 e. The standard InChI is InChI=1S/C41H25NS.C35H21NS/c1-2-11-26(12-3-1)38-25-37-35-19-8-9-20-39(35)43-41(37)40(42-38)29-14-10-13-27(23-29)28-21-22-34-32-17-5-4-15-30(32)31-16-6-7-18-33(31)36(34)24-28;1-2-12-27-25(10-1)26-11-3-4-13-28(26)32-21-23(16-17-29(27)32)22-8-7-9-24(20-22)34-35-31(18-19-36-34)30-14-5-6-15-33(30)37-35/h1-25H;1-21H. The van der Waals surface area contributed by atoms with Crippen molar-refractivity contribution in [3.05, 3.63) is 279 Å². The summed E-state index contributed by atoms with van der Waals surface area (Å²) in [5.41, 5.74) is 11.3. The summed E-state index contributed by atoms with van der Waals surface area (Å²) < 4.78 is 5.07. The molecule has 0 aliphatic heterocycles. The van der Waals surface area contributed by atoms with E-state index in [1.807, 2.05) is 28.9 Å². The number of fused-ring (bicyclic) bond motifs is 18. The second-order valence-electron chi connectivity index (χ2n) is 20.7. The molecule has 0 saturated heterocycles. The van der Waals surface area contributed by atoms with Gasteiger partial charge in [-0.3, -0.25) is 4.98 Å². The zero-order chi connectivity index (χ0) is 52.7. The molecule has 0 atom stereocenters. The van der Waals surface area contributed by atoms with E-state index in [2.05, 4.69) is 273 Å². The molecule has 80 heavy (non-hydrogen) atoms. The van der Waals surface area contributed by atoms with Gasteiger partial charge in [-0.25, -0.2) is 4.98 Å². The molecule has 13 aromatic carbocycles. The topological polar surface area (TPSA) is 25.8 Å². The number of benzene rings is 13. The van der Waals surface area contributed by atoms with Crippen LogP contribution < -0.4 is 0 Å². The zero-order valence-corrected chi connectivity index (χ0v) is 44.9. The SMILES string of the molecule is c1cc(-c2ccc3c4ccccc4c4ccccc4c3c2)cc(-c2nccc3c2sc2ccccc23)c1.c1ccc(-c2cc3c(sc4ccccc43)c(-c3cccc(-c4ccc5c6ccccc6c6ccccc6c5c4)c3)n2)cc1. The van der Waals surface area contributed by atoms with Crippen LogP contribution in [0.3, 0.4) is 0 Å². The number of aromatic nitrogens is 2. The summed E-state index contributed by atoms with van der Waals surface area (Å²) in [7, 11) is 0. The second-order valence-corrected chi connectivity index (χ2v) is 22.8. The molecular formula is C76H46N2S2. The van der Waals surface area contributed by atoms with Crippen molar-refractivity contribution >= 4 is 128 Å². The lowest BCUT2D eigenvalue weighted by Gasteiger charge is -2.13. The lowest BCUT2D eigenvalue weighted by Crippen LogP contribution is -1.90. The van der Waals surface area contributed by atoms with Gasteiger partial charge in [0, 0.05) is 53.8 Å². The van der Waals surface area contributed by atoms with Gasteiger partial charge in [0.1, 0.15) is 0 Å². The van der Waals surface area contributed by atoms with Crippen LogP contribution in [0.15, 0.2) is 279 Å². The van der Waals surface area contributed by atoms with Gasteiger partial charge in [-0.15, -0.1) is 22.7 Å². The lowest BCUT2D eigenvalue weighted by atomic mass is 9.91. The molecule has 0 fully saturated rings. The molecule has 0 unspecified atom stereocenters. The molecule has 0 aliphatic carbocycles. The van der Waals surface area contributed by atoms with Gasteiger partial charge >= 0.3 is 0 Å². The molecule has 0 radical (unpaired) electrons. The van der Waals surface area contributed by atoms with Gasteiger partial charge in [-0.1, -0.05) is 224 Å². The number of hydrogen-bond donors (Lipinski definition) is 0. The Bertz CT molecular complexity index is 5250. The highest BCUT2D eigenvalue weighted by molar-refractivity contribution is 7.26. The summed E-state index contributed by atoms with van der Waals surface area (Å²) in [6, 6.07) is 98.8. The Hall–Kier alpha value is -9.84. The molecule has 0 spiro atoms. The summed E-state index contributed by atoms with van der Waals surface area (Å²) >= 11 is 3.66. The van der Waals surface area contributed by atoms with E-state index in [1.54, 1.807) is 0 Å². The number of nitrogens with zero attached hydrogens (tertiary/aromatic N) is 2. The normalized spacial score (nSPS) is 11.8. The van der Waals surface area contributed by atoms with E-state index in [-0.39, 0.29) is 0 Å². The van der Waals surface area contributed by atoms with Crippen LogP contribution in [0.2, 0.25) is 0 Å². The van der Waals surface area contributed by atoms with Gasteiger partial charge < -0.3 is 0 Å². The highest BCUT2D eigenvalue weighted by atomic mass is 32.1. The van der Waals surface area contributed by atoms with Crippen molar-refractivity contribution in [1.29, 1.82) is 0 Å². The highest BCUT2D eigenvalue weighted by Crippen LogP contribution is 2.44. The van der Waals surface area contributed by atoms with Crippen LogP contribution in [-0.4, -0.2) is 9.97 Å². The van der Waals surface area contributed by atoms with Crippen molar-refractivity contribution in [2.45, 2.75) is 0 Å². The predicted molar refractivity (Wildman–Crippen MR) is 346 cm³/mol. The number of pyridine rings is 2. The summed E-state index contributed by atoms with van der Waals surface area (Å²) in [6.45, 7) is 0. The molecule has 0 saturated carbocycles. The molecule has 17 aromatic rings. The van der Waals surface area contributed by atoms with Crippen molar-refractivity contribution in [3.63, 3.8) is 0 Å². The fraction of sp³-hybridized carbons (Fsp3) is 0. The van der Waals surface area contributed by atoms with Gasteiger partial charge in [-0.05, 0) is 135 Å². The van der Waals surface area contributed by atoms with Gasteiger partial charge in [0.05, 0.1) is 26.5 Å². The molecule has 4 heterocycles. The molecule has 17 rings (SSSR count). The molecule has 0 N–H and O–H groups in total. The van der Waals surface area contributed by atoms with Crippen molar-refractivity contribution in [2.24, 2.45) is 0 Å². The van der Waals surface area contributed by atoms with Crippen molar-refractivity contribution in [1.82, 2.24) is 9.97 Å². The van der Waals surface area contributed by atoms with Crippen molar-refractivity contribution in [3.8, 4) is 56.0 Å². The number of hydrogen-bond acceptors (Lipinski definition) is 4. The van der Waals surface area contributed by atoms with Crippen molar-refractivity contribution < 1.29 is 0 Å². The summed E-state index contributed by atoms with van der Waals surface area (Å²) in [5.74, 6) is 0. The first-order valence-electron chi connectivity index (χ1n) is 27.2. The molecule has 0 bridgehead atoms. The average Bonchev–Trinajstić information content (AvgIpc) is 4.21. The van der Waals surface area contributed by atoms with E-state index in [0.29, 0.717) is 0 Å². The maximum Gasteiger partial charge on any atom is 0.0888 e. The van der Waals surface area contributed by atoms with Gasteiger partial charge in [-0.2, -0.15) is 0 Å². The lowest BCUT2D eigenvalue weighted by molar-refractivity contribution is 1.36. The maximum absolute atomic E-state index is 5.31. The average molecular weight is 1050 g/mol. The predicted octanol–water partition coefficient (Wildman–Crippen LogP) is 22.2. The number of rotatable bonds is 5. The van der Waals surface area contributed by atoms with E-state index in [4.69, 9.17) is 9.97 Å². The third-order valence-electron chi connectivity index (χ3n) is 16.2. The summed E-state index contributed by atoms with van der Waals surface area (Å²) in [5, 5.41) is 20.7. The van der Waals surface area contributed by atoms with E-state index < -0.39 is 0 Å². The Kier molecular flexibility index (Phi) is 11.0. The minimum absolute atomic E-state index is 1.00. The van der Waals surface area contributed by atoms with Crippen LogP contribution in [0.5, 0.6) is 0 Å². The maximum atomic E-state index is 5.31. The van der Waals surface area contributed by atoms with Crippen LogP contribution in [-0.2, 0) is 0 Å². The Balaban J connectivity index is 0.000000134. The molecule has 4 heteroatoms. The van der Waals surface area contributed by atoms with Crippen LogP contribution in [0.25, 0.3) is 161 Å². The quantitative estimate of drug-likeness (QED) is 0.161. The van der Waals surface area contributed by atoms with E-state index in [1.165, 1.54) is 127 Å². The third-order valence-corrected chi connectivity index (χ3v) is 18.5. The molecule has 0 amide bonds. The molecule has 4 aromatic heterocycles. The first-order chi connectivity index (χ1) is 39.7. The molecule has 2 nitrogen and oxygen atoms in total. The fourth-order valence-corrected chi connectivity index (χ4v) is 14.8. The summed E-state index contributed by atoms with van der Waals surface area (Å²) in [4.78, 5) is 10.1. The highest BCUT2D eigenvalue weighted by Gasteiger charge is 2.18. The van der Waals surface area contributed by atoms with Gasteiger partial charge in [0.25, 0.3) is 0 Å². The minimum atomic E-state index is 1.00. The Morgan fingerprint density at radius 3 is 1.07 bits per heavy atom. The first-order valence-corrected chi connectivity index (χ1v) is 28.8. The van der Waals surface area contributed by atoms with Gasteiger partial charge in [0.2, 0.25) is 0 Å². The van der Waals surface area contributed by atoms with Crippen LogP contribution in [0.1, 0.15) is 0 Å². The Labute approximate surface area is 469 Å². The molecule has 0 aliphatic rings. The number of thiophene rings is 2. The van der Waals surface area contributed by atoms with Crippen LogP contribution in [0.4, 0.5) is 0 Å². The molecule has 372 valence electrons. The third kappa shape index (κ3) is 7.67. The van der Waals surface area contributed by atoms with Crippen LogP contribution in [0, 0.1) is 0 Å². The largest absolute Gasteiger partial charge is 0.255 e. The monoisotopic (exact) mass is 1050 g/mol. The summed E-state index contributed by atoms with van der Waals surface area (Å²) in [6.07, 6.45) is 1.94. The minimum Gasteiger partial charge on any atom is -0.255 e. The van der Waals surface area contributed by atoms with E-state index in [0.717, 1.165) is 33.8 Å². The van der Waals surface area contributed by atoms with Crippen LogP contribution >= 0.6 is 22.7 Å². The fourth-order valence-electron chi connectivity index (χ4n) is 12.4. The molecular weight excluding hydrogens is 1000 g/mol. The zero-order valence-electron chi connectivity index (χ0n) is 43.3.